The molecule has 2 unspecified atom stereocenters. The van der Waals surface area contributed by atoms with Gasteiger partial charge in [0.1, 0.15) is 5.75 Å². The summed E-state index contributed by atoms with van der Waals surface area (Å²) in [4.78, 5) is 5.13. The van der Waals surface area contributed by atoms with Crippen LogP contribution in [0.15, 0.2) is 24.3 Å². The van der Waals surface area contributed by atoms with E-state index in [1.165, 1.54) is 5.56 Å². The first-order chi connectivity index (χ1) is 9.15. The second-order valence-corrected chi connectivity index (χ2v) is 5.49. The molecule has 106 valence electrons. The summed E-state index contributed by atoms with van der Waals surface area (Å²) in [5.74, 6) is 0.350. The van der Waals surface area contributed by atoms with Gasteiger partial charge in [-0.1, -0.05) is 26.0 Å². The van der Waals surface area contributed by atoms with Gasteiger partial charge in [0.05, 0.1) is 0 Å². The number of hydrogen-bond donors (Lipinski definition) is 1. The zero-order valence-electron chi connectivity index (χ0n) is 12.3. The first-order valence-corrected chi connectivity index (χ1v) is 7.42. The van der Waals surface area contributed by atoms with Crippen molar-refractivity contribution < 1.29 is 5.11 Å². The monoisotopic (exact) mass is 262 g/mol. The maximum absolute atomic E-state index is 9.41. The van der Waals surface area contributed by atoms with Crippen LogP contribution in [-0.2, 0) is 0 Å². The lowest BCUT2D eigenvalue weighted by atomic mass is 10.0. The van der Waals surface area contributed by atoms with E-state index in [1.807, 2.05) is 0 Å². The van der Waals surface area contributed by atoms with Gasteiger partial charge in [0, 0.05) is 31.7 Å². The molecule has 1 aromatic rings. The van der Waals surface area contributed by atoms with Crippen LogP contribution in [0.5, 0.6) is 5.75 Å². The van der Waals surface area contributed by atoms with Crippen molar-refractivity contribution >= 4 is 0 Å². The van der Waals surface area contributed by atoms with Crippen LogP contribution in [0.1, 0.15) is 38.8 Å². The van der Waals surface area contributed by atoms with Gasteiger partial charge < -0.3 is 5.11 Å². The first-order valence-electron chi connectivity index (χ1n) is 7.42. The Hall–Kier alpha value is -1.06. The SMILES string of the molecule is CCC(c1ccc(O)cc1)N1CCN(CC)C(C)C1. The normalized spacial score (nSPS) is 23.4. The van der Waals surface area contributed by atoms with Gasteiger partial charge in [0.2, 0.25) is 0 Å². The zero-order chi connectivity index (χ0) is 13.8. The van der Waals surface area contributed by atoms with Gasteiger partial charge in [-0.2, -0.15) is 0 Å². The number of aromatic hydroxyl groups is 1. The molecule has 0 spiro atoms. The van der Waals surface area contributed by atoms with Crippen molar-refractivity contribution in [3.63, 3.8) is 0 Å². The molecule has 0 aliphatic carbocycles. The van der Waals surface area contributed by atoms with Crippen LogP contribution in [0.25, 0.3) is 0 Å². The number of nitrogens with zero attached hydrogens (tertiary/aromatic N) is 2. The maximum Gasteiger partial charge on any atom is 0.115 e. The van der Waals surface area contributed by atoms with Gasteiger partial charge >= 0.3 is 0 Å². The molecule has 0 bridgehead atoms. The fourth-order valence-electron chi connectivity index (χ4n) is 3.18. The summed E-state index contributed by atoms with van der Waals surface area (Å²) < 4.78 is 0. The average molecular weight is 262 g/mol. The van der Waals surface area contributed by atoms with Crippen LogP contribution in [0.3, 0.4) is 0 Å². The molecular formula is C16H26N2O. The Morgan fingerprint density at radius 2 is 1.89 bits per heavy atom. The number of piperazine rings is 1. The Kier molecular flexibility index (Phi) is 4.83. The summed E-state index contributed by atoms with van der Waals surface area (Å²) in [7, 11) is 0. The number of rotatable bonds is 4. The standard InChI is InChI=1S/C16H26N2O/c1-4-16(14-6-8-15(19)9-7-14)18-11-10-17(5-2)13(3)12-18/h6-9,13,16,19H,4-5,10-12H2,1-3H3. The Morgan fingerprint density at radius 1 is 1.21 bits per heavy atom. The third kappa shape index (κ3) is 3.28. The van der Waals surface area contributed by atoms with E-state index >= 15 is 0 Å². The van der Waals surface area contributed by atoms with E-state index in [4.69, 9.17) is 0 Å². The minimum absolute atomic E-state index is 0.350. The molecule has 1 saturated heterocycles. The molecular weight excluding hydrogens is 236 g/mol. The third-order valence-corrected chi connectivity index (χ3v) is 4.31. The van der Waals surface area contributed by atoms with Crippen LogP contribution >= 0.6 is 0 Å². The molecule has 0 aromatic heterocycles. The summed E-state index contributed by atoms with van der Waals surface area (Å²) >= 11 is 0. The fourth-order valence-corrected chi connectivity index (χ4v) is 3.18. The van der Waals surface area contributed by atoms with Gasteiger partial charge in [0.25, 0.3) is 0 Å². The van der Waals surface area contributed by atoms with Crippen molar-refractivity contribution in [2.24, 2.45) is 0 Å². The maximum atomic E-state index is 9.41. The van der Waals surface area contributed by atoms with Crippen molar-refractivity contribution in [1.82, 2.24) is 9.80 Å². The number of hydrogen-bond acceptors (Lipinski definition) is 3. The molecule has 2 rings (SSSR count). The molecule has 3 heteroatoms. The Balaban J connectivity index is 2.08. The molecule has 3 nitrogen and oxygen atoms in total. The predicted octanol–water partition coefficient (Wildman–Crippen LogP) is 2.87. The molecule has 1 fully saturated rings. The van der Waals surface area contributed by atoms with E-state index in [-0.39, 0.29) is 0 Å². The van der Waals surface area contributed by atoms with E-state index in [0.717, 1.165) is 32.6 Å². The molecule has 1 N–H and O–H groups in total. The van der Waals surface area contributed by atoms with Crippen molar-refractivity contribution in [3.05, 3.63) is 29.8 Å². The van der Waals surface area contributed by atoms with E-state index in [1.54, 1.807) is 12.1 Å². The van der Waals surface area contributed by atoms with E-state index < -0.39 is 0 Å². The van der Waals surface area contributed by atoms with Gasteiger partial charge in [-0.15, -0.1) is 0 Å². The molecule has 0 amide bonds. The largest absolute Gasteiger partial charge is 0.508 e. The van der Waals surface area contributed by atoms with Crippen LogP contribution in [0.4, 0.5) is 0 Å². The zero-order valence-corrected chi connectivity index (χ0v) is 12.3. The van der Waals surface area contributed by atoms with Crippen LogP contribution in [-0.4, -0.2) is 47.1 Å². The highest BCUT2D eigenvalue weighted by molar-refractivity contribution is 5.28. The minimum atomic E-state index is 0.350. The summed E-state index contributed by atoms with van der Waals surface area (Å²) in [6, 6.07) is 8.81. The van der Waals surface area contributed by atoms with E-state index in [9.17, 15) is 5.11 Å². The molecule has 1 aliphatic rings. The topological polar surface area (TPSA) is 26.7 Å². The number of likely N-dealkylation sites (N-methyl/N-ethyl adjacent to an activating group) is 1. The highest BCUT2D eigenvalue weighted by Crippen LogP contribution is 2.27. The van der Waals surface area contributed by atoms with Crippen LogP contribution in [0, 0.1) is 0 Å². The van der Waals surface area contributed by atoms with Crippen molar-refractivity contribution in [1.29, 1.82) is 0 Å². The molecule has 0 saturated carbocycles. The Bertz CT molecular complexity index is 390. The van der Waals surface area contributed by atoms with Crippen molar-refractivity contribution in [2.45, 2.75) is 39.3 Å². The van der Waals surface area contributed by atoms with E-state index in [2.05, 4.69) is 42.7 Å². The summed E-state index contributed by atoms with van der Waals surface area (Å²) in [5.41, 5.74) is 1.32. The third-order valence-electron chi connectivity index (χ3n) is 4.31. The lowest BCUT2D eigenvalue weighted by Gasteiger charge is -2.43. The number of phenolic OH excluding ortho intramolecular Hbond substituents is 1. The Morgan fingerprint density at radius 3 is 2.42 bits per heavy atom. The fraction of sp³-hybridized carbons (Fsp3) is 0.625. The predicted molar refractivity (Wildman–Crippen MR) is 79.4 cm³/mol. The first kappa shape index (κ1) is 14.4. The number of phenols is 1. The van der Waals surface area contributed by atoms with Crippen LogP contribution < -0.4 is 0 Å². The lowest BCUT2D eigenvalue weighted by Crippen LogP contribution is -2.52. The highest BCUT2D eigenvalue weighted by atomic mass is 16.3. The van der Waals surface area contributed by atoms with Gasteiger partial charge in [-0.25, -0.2) is 0 Å². The van der Waals surface area contributed by atoms with Crippen LogP contribution in [0.2, 0.25) is 0 Å². The van der Waals surface area contributed by atoms with Crippen molar-refractivity contribution in [2.75, 3.05) is 26.2 Å². The van der Waals surface area contributed by atoms with Gasteiger partial charge in [-0.3, -0.25) is 9.80 Å². The molecule has 1 heterocycles. The second-order valence-electron chi connectivity index (χ2n) is 5.49. The summed E-state index contributed by atoms with van der Waals surface area (Å²) in [6.07, 6.45) is 1.11. The molecule has 2 atom stereocenters. The number of benzene rings is 1. The Labute approximate surface area is 116 Å². The minimum Gasteiger partial charge on any atom is -0.508 e. The second kappa shape index (κ2) is 6.40. The van der Waals surface area contributed by atoms with Gasteiger partial charge in [0.15, 0.2) is 0 Å². The smallest absolute Gasteiger partial charge is 0.115 e. The summed E-state index contributed by atoms with van der Waals surface area (Å²) in [6.45, 7) is 11.4. The molecule has 0 radical (unpaired) electrons. The molecule has 1 aromatic carbocycles. The highest BCUT2D eigenvalue weighted by Gasteiger charge is 2.27. The molecule has 19 heavy (non-hydrogen) atoms. The van der Waals surface area contributed by atoms with E-state index in [0.29, 0.717) is 17.8 Å². The summed E-state index contributed by atoms with van der Waals surface area (Å²) in [5, 5.41) is 9.41. The molecule has 1 aliphatic heterocycles. The van der Waals surface area contributed by atoms with Crippen molar-refractivity contribution in [3.8, 4) is 5.75 Å². The quantitative estimate of drug-likeness (QED) is 0.904. The average Bonchev–Trinajstić information content (AvgIpc) is 2.42. The van der Waals surface area contributed by atoms with Gasteiger partial charge in [-0.05, 0) is 37.6 Å². The lowest BCUT2D eigenvalue weighted by molar-refractivity contribution is 0.0569.